The highest BCUT2D eigenvalue weighted by Crippen LogP contribution is 2.37. The quantitative estimate of drug-likeness (QED) is 0.673. The fraction of sp³-hybridized carbons (Fsp3) is 0.818. The highest BCUT2D eigenvalue weighted by molar-refractivity contribution is 7.80. The van der Waals surface area contributed by atoms with E-state index in [9.17, 15) is 4.79 Å². The van der Waals surface area contributed by atoms with Crippen molar-refractivity contribution in [3.05, 3.63) is 0 Å². The molecule has 0 atom stereocenters. The van der Waals surface area contributed by atoms with Gasteiger partial charge in [-0.05, 0) is 37.5 Å². The van der Waals surface area contributed by atoms with Crippen molar-refractivity contribution in [1.29, 1.82) is 0 Å². The molecule has 2 aliphatic rings. The Balaban J connectivity index is 2.03. The van der Waals surface area contributed by atoms with Crippen LogP contribution in [0.15, 0.2) is 0 Å². The van der Waals surface area contributed by atoms with Crippen molar-refractivity contribution in [2.45, 2.75) is 45.1 Å². The van der Waals surface area contributed by atoms with Crippen molar-refractivity contribution in [3.63, 3.8) is 0 Å². The molecule has 2 amide bonds. The molecule has 1 saturated carbocycles. The summed E-state index contributed by atoms with van der Waals surface area (Å²) in [5.74, 6) is 1.52. The van der Waals surface area contributed by atoms with Gasteiger partial charge >= 0.3 is 6.03 Å². The Labute approximate surface area is 96.0 Å². The van der Waals surface area contributed by atoms with E-state index in [1.165, 1.54) is 12.8 Å². The van der Waals surface area contributed by atoms with Gasteiger partial charge in [0.15, 0.2) is 0 Å². The van der Waals surface area contributed by atoms with E-state index in [0.717, 1.165) is 24.7 Å². The smallest absolute Gasteiger partial charge is 0.320 e. The average molecular weight is 226 g/mol. The molecule has 1 saturated heterocycles. The van der Waals surface area contributed by atoms with Crippen LogP contribution in [0.2, 0.25) is 0 Å². The normalized spacial score (nSPS) is 35.8. The Morgan fingerprint density at radius 3 is 2.40 bits per heavy atom. The first-order valence-corrected chi connectivity index (χ1v) is 6.08. The summed E-state index contributed by atoms with van der Waals surface area (Å²) in [6.45, 7) is 4.54. The van der Waals surface area contributed by atoms with Crippen molar-refractivity contribution in [1.82, 2.24) is 10.6 Å². The third-order valence-electron chi connectivity index (χ3n) is 3.84. The monoisotopic (exact) mass is 226 g/mol. The molecule has 1 aliphatic heterocycles. The molecule has 2 N–H and O–H groups in total. The van der Waals surface area contributed by atoms with Crippen LogP contribution >= 0.6 is 12.2 Å². The van der Waals surface area contributed by atoms with Crippen molar-refractivity contribution in [2.75, 3.05) is 0 Å². The van der Waals surface area contributed by atoms with Gasteiger partial charge in [-0.2, -0.15) is 0 Å². The molecular formula is C11H18N2OS. The third kappa shape index (κ3) is 1.87. The molecule has 0 radical (unpaired) electrons. The second-order valence-corrected chi connectivity index (χ2v) is 5.48. The van der Waals surface area contributed by atoms with Gasteiger partial charge in [-0.3, -0.25) is 0 Å². The predicted molar refractivity (Wildman–Crippen MR) is 63.8 cm³/mol. The van der Waals surface area contributed by atoms with Gasteiger partial charge in [0.25, 0.3) is 0 Å². The summed E-state index contributed by atoms with van der Waals surface area (Å²) in [6.07, 6.45) is 4.32. The predicted octanol–water partition coefficient (Wildman–Crippen LogP) is 2.21. The fourth-order valence-electron chi connectivity index (χ4n) is 2.68. The molecule has 3 nitrogen and oxygen atoms in total. The van der Waals surface area contributed by atoms with Crippen LogP contribution in [-0.2, 0) is 0 Å². The van der Waals surface area contributed by atoms with E-state index in [2.05, 4.69) is 24.5 Å². The second kappa shape index (κ2) is 3.74. The number of hydrogen-bond acceptors (Lipinski definition) is 2. The van der Waals surface area contributed by atoms with Crippen LogP contribution in [0.5, 0.6) is 0 Å². The number of thiocarbonyl (C=S) groups is 1. The lowest BCUT2D eigenvalue weighted by Crippen LogP contribution is -2.49. The number of hydrogen-bond donors (Lipinski definition) is 2. The van der Waals surface area contributed by atoms with Crippen LogP contribution in [0.25, 0.3) is 0 Å². The van der Waals surface area contributed by atoms with Crippen LogP contribution in [0.1, 0.15) is 39.5 Å². The summed E-state index contributed by atoms with van der Waals surface area (Å²) >= 11 is 5.24. The summed E-state index contributed by atoms with van der Waals surface area (Å²) in [4.78, 5) is 11.9. The third-order valence-corrected chi connectivity index (χ3v) is 4.33. The van der Waals surface area contributed by atoms with Gasteiger partial charge in [-0.25, -0.2) is 4.79 Å². The molecular weight excluding hydrogens is 208 g/mol. The highest BCUT2D eigenvalue weighted by Gasteiger charge is 2.45. The summed E-state index contributed by atoms with van der Waals surface area (Å²) < 4.78 is 0. The SMILES string of the molecule is CC(C)C1CCC2(CC1)NC(=O)NC2=S. The molecule has 2 rings (SSSR count). The Hall–Kier alpha value is -0.640. The molecule has 1 heterocycles. The lowest BCUT2D eigenvalue weighted by Gasteiger charge is -2.37. The number of carbonyl (C=O) groups excluding carboxylic acids is 1. The minimum atomic E-state index is -0.211. The summed E-state index contributed by atoms with van der Waals surface area (Å²) in [5, 5.41) is 5.69. The van der Waals surface area contributed by atoms with Gasteiger partial charge in [0.2, 0.25) is 0 Å². The number of amides is 2. The Morgan fingerprint density at radius 1 is 1.40 bits per heavy atom. The van der Waals surface area contributed by atoms with Crippen molar-refractivity contribution in [2.24, 2.45) is 11.8 Å². The van der Waals surface area contributed by atoms with E-state index in [0.29, 0.717) is 4.99 Å². The number of urea groups is 1. The first-order chi connectivity index (χ1) is 7.03. The van der Waals surface area contributed by atoms with E-state index < -0.39 is 0 Å². The second-order valence-electron chi connectivity index (χ2n) is 5.07. The topological polar surface area (TPSA) is 41.1 Å². The summed E-state index contributed by atoms with van der Waals surface area (Å²) in [5.41, 5.74) is -0.211. The standard InChI is InChI=1S/C11H18N2OS/c1-7(2)8-3-5-11(6-4-8)9(15)12-10(14)13-11/h7-8H,3-6H2,1-2H3,(H2,12,13,14,15). The number of carbonyl (C=O) groups is 1. The van der Waals surface area contributed by atoms with Crippen LogP contribution in [-0.4, -0.2) is 16.6 Å². The first kappa shape index (κ1) is 10.9. The zero-order chi connectivity index (χ0) is 11.1. The van der Waals surface area contributed by atoms with Crippen LogP contribution in [0, 0.1) is 11.8 Å². The molecule has 0 aromatic carbocycles. The van der Waals surface area contributed by atoms with Gasteiger partial charge in [-0.1, -0.05) is 26.1 Å². The van der Waals surface area contributed by atoms with E-state index in [-0.39, 0.29) is 11.6 Å². The molecule has 84 valence electrons. The zero-order valence-electron chi connectivity index (χ0n) is 9.30. The minimum absolute atomic E-state index is 0.122. The van der Waals surface area contributed by atoms with E-state index >= 15 is 0 Å². The van der Waals surface area contributed by atoms with Crippen molar-refractivity contribution in [3.8, 4) is 0 Å². The average Bonchev–Trinajstić information content (AvgIpc) is 2.42. The lowest BCUT2D eigenvalue weighted by atomic mass is 9.73. The maximum Gasteiger partial charge on any atom is 0.320 e. The molecule has 15 heavy (non-hydrogen) atoms. The van der Waals surface area contributed by atoms with Gasteiger partial charge in [0, 0.05) is 0 Å². The molecule has 1 aliphatic carbocycles. The first-order valence-electron chi connectivity index (χ1n) is 5.67. The zero-order valence-corrected chi connectivity index (χ0v) is 10.1. The van der Waals surface area contributed by atoms with Gasteiger partial charge < -0.3 is 10.6 Å². The summed E-state index contributed by atoms with van der Waals surface area (Å²) in [6, 6.07) is -0.122. The van der Waals surface area contributed by atoms with Gasteiger partial charge in [0.05, 0.1) is 5.54 Å². The van der Waals surface area contributed by atoms with Crippen molar-refractivity contribution >= 4 is 23.2 Å². The van der Waals surface area contributed by atoms with Crippen molar-refractivity contribution < 1.29 is 4.79 Å². The highest BCUT2D eigenvalue weighted by atomic mass is 32.1. The van der Waals surface area contributed by atoms with Crippen LogP contribution < -0.4 is 10.6 Å². The molecule has 2 fully saturated rings. The van der Waals surface area contributed by atoms with E-state index in [4.69, 9.17) is 12.2 Å². The van der Waals surface area contributed by atoms with Crippen LogP contribution in [0.4, 0.5) is 4.79 Å². The van der Waals surface area contributed by atoms with Gasteiger partial charge in [-0.15, -0.1) is 0 Å². The number of nitrogens with one attached hydrogen (secondary N) is 2. The molecule has 1 spiro atoms. The number of rotatable bonds is 1. The Morgan fingerprint density at radius 2 is 2.00 bits per heavy atom. The largest absolute Gasteiger partial charge is 0.326 e. The fourth-order valence-corrected chi connectivity index (χ4v) is 3.03. The van der Waals surface area contributed by atoms with E-state index in [1.807, 2.05) is 0 Å². The van der Waals surface area contributed by atoms with Gasteiger partial charge in [0.1, 0.15) is 4.99 Å². The maximum absolute atomic E-state index is 11.2. The summed E-state index contributed by atoms with van der Waals surface area (Å²) in [7, 11) is 0. The maximum atomic E-state index is 11.2. The molecule has 0 unspecified atom stereocenters. The molecule has 0 aromatic heterocycles. The Kier molecular flexibility index (Phi) is 2.71. The minimum Gasteiger partial charge on any atom is -0.326 e. The molecule has 0 bridgehead atoms. The Bertz CT molecular complexity index is 293. The van der Waals surface area contributed by atoms with Crippen LogP contribution in [0.3, 0.4) is 0 Å². The van der Waals surface area contributed by atoms with E-state index in [1.54, 1.807) is 0 Å². The molecule has 4 heteroatoms. The lowest BCUT2D eigenvalue weighted by molar-refractivity contribution is 0.210. The molecule has 0 aromatic rings.